The Morgan fingerprint density at radius 2 is 1.54 bits per heavy atom. The Morgan fingerprint density at radius 1 is 0.838 bits per heavy atom. The van der Waals surface area contributed by atoms with Gasteiger partial charge in [-0.25, -0.2) is 4.79 Å². The maximum absolute atomic E-state index is 14.4. The maximum Gasteiger partial charge on any atom is 0.329 e. The van der Waals surface area contributed by atoms with Crippen LogP contribution < -0.4 is 0 Å². The second kappa shape index (κ2) is 31.7. The van der Waals surface area contributed by atoms with E-state index in [2.05, 4.69) is 0 Å². The molecule has 17 heteroatoms. The monoisotopic (exact) mass is 1050 g/mol. The fourth-order valence-electron chi connectivity index (χ4n) is 10.7. The molecular weight excluding hydrogens is 955 g/mol. The molecule has 1 unspecified atom stereocenters. The van der Waals surface area contributed by atoms with Gasteiger partial charge < -0.3 is 58.1 Å². The van der Waals surface area contributed by atoms with E-state index in [9.17, 15) is 39.3 Å². The van der Waals surface area contributed by atoms with Crippen molar-refractivity contribution >= 4 is 29.2 Å². The molecule has 0 radical (unpaired) electrons. The van der Waals surface area contributed by atoms with Crippen molar-refractivity contribution in [3.8, 4) is 0 Å². The van der Waals surface area contributed by atoms with E-state index in [0.29, 0.717) is 103 Å². The first-order valence-electron chi connectivity index (χ1n) is 27.2. The summed E-state index contributed by atoms with van der Waals surface area (Å²) in [6.07, 6.45) is 10.9. The van der Waals surface area contributed by atoms with Crippen molar-refractivity contribution in [2.75, 3.05) is 67.5 Å². The first kappa shape index (κ1) is 63.0. The number of carbonyl (C=O) groups is 5. The summed E-state index contributed by atoms with van der Waals surface area (Å²) in [6.45, 7) is 15.1. The number of nitrogens with zero attached hydrogens (tertiary/aromatic N) is 1. The summed E-state index contributed by atoms with van der Waals surface area (Å²) in [7, 11) is 4.55. The Hall–Kier alpha value is -3.49. The molecule has 2 saturated heterocycles. The van der Waals surface area contributed by atoms with Crippen LogP contribution in [0.15, 0.2) is 47.6 Å². The zero-order valence-corrected chi connectivity index (χ0v) is 46.1. The Kier molecular flexibility index (Phi) is 27.0. The average molecular weight is 1050 g/mol. The molecule has 17 nitrogen and oxygen atoms in total. The number of carbonyl (C=O) groups excluding carboxylic acids is 5. The van der Waals surface area contributed by atoms with E-state index in [4.69, 9.17) is 37.9 Å². The zero-order valence-electron chi connectivity index (χ0n) is 46.1. The summed E-state index contributed by atoms with van der Waals surface area (Å²) >= 11 is 0. The summed E-state index contributed by atoms with van der Waals surface area (Å²) in [5.74, 6) is -8.36. The number of aliphatic hydroxyl groups excluding tert-OH is 2. The van der Waals surface area contributed by atoms with Crippen LogP contribution in [0.1, 0.15) is 126 Å². The predicted octanol–water partition coefficient (Wildman–Crippen LogP) is 6.23. The van der Waals surface area contributed by atoms with E-state index < -0.39 is 83.9 Å². The van der Waals surface area contributed by atoms with Crippen LogP contribution in [0.3, 0.4) is 0 Å². The second-order valence-electron chi connectivity index (χ2n) is 21.4. The third kappa shape index (κ3) is 18.6. The zero-order chi connectivity index (χ0) is 54.5. The van der Waals surface area contributed by atoms with Gasteiger partial charge in [-0.1, -0.05) is 76.6 Å². The Balaban J connectivity index is 1.66. The molecule has 1 amide bonds. The molecule has 15 atom stereocenters. The van der Waals surface area contributed by atoms with Crippen molar-refractivity contribution in [3.63, 3.8) is 0 Å². The van der Waals surface area contributed by atoms with E-state index in [0.717, 1.165) is 5.57 Å². The first-order valence-corrected chi connectivity index (χ1v) is 27.2. The minimum atomic E-state index is -2.42. The highest BCUT2D eigenvalue weighted by Gasteiger charge is 2.53. The highest BCUT2D eigenvalue weighted by Crippen LogP contribution is 2.37. The maximum atomic E-state index is 14.4. The number of piperidine rings is 1. The van der Waals surface area contributed by atoms with Crippen molar-refractivity contribution in [2.24, 2.45) is 35.5 Å². The number of ketones is 3. The molecule has 3 N–H and O–H groups in total. The lowest BCUT2D eigenvalue weighted by molar-refractivity contribution is -0.262. The lowest BCUT2D eigenvalue weighted by Gasteiger charge is -2.42. The molecule has 0 aromatic carbocycles. The summed E-state index contributed by atoms with van der Waals surface area (Å²) in [5.41, 5.74) is 1.25. The number of Topliss-reactive ketones (excluding diaryl/α,β-unsaturated/α-hetero) is 3. The minimum Gasteiger partial charge on any atom is -0.460 e. The van der Waals surface area contributed by atoms with E-state index >= 15 is 0 Å². The number of methoxy groups -OCH3 is 3. The van der Waals surface area contributed by atoms with Crippen LogP contribution in [0, 0.1) is 35.5 Å². The number of aliphatic hydroxyl groups is 3. The van der Waals surface area contributed by atoms with E-state index in [-0.39, 0.29) is 61.4 Å². The number of esters is 1. The fraction of sp³-hybridized carbons (Fsp3) is 0.772. The molecular formula is C57H91NO16. The number of amides is 1. The van der Waals surface area contributed by atoms with Crippen LogP contribution in [0.4, 0.5) is 0 Å². The van der Waals surface area contributed by atoms with Gasteiger partial charge in [0, 0.05) is 52.0 Å². The number of rotatable bonds is 15. The molecule has 0 aromatic heterocycles. The van der Waals surface area contributed by atoms with Gasteiger partial charge in [0.1, 0.15) is 30.1 Å². The molecule has 3 fully saturated rings. The van der Waals surface area contributed by atoms with Crippen molar-refractivity contribution in [1.82, 2.24) is 4.90 Å². The Bertz CT molecular complexity index is 1920. The molecule has 0 spiro atoms. The molecule has 420 valence electrons. The molecule has 3 aliphatic heterocycles. The summed E-state index contributed by atoms with van der Waals surface area (Å²) in [6, 6.07) is -1.14. The number of hydrogen-bond acceptors (Lipinski definition) is 16. The second-order valence-corrected chi connectivity index (χ2v) is 21.4. The van der Waals surface area contributed by atoms with Gasteiger partial charge in [0.15, 0.2) is 5.78 Å². The van der Waals surface area contributed by atoms with Gasteiger partial charge in [-0.05, 0) is 108 Å². The first-order chi connectivity index (χ1) is 35.2. The lowest BCUT2D eigenvalue weighted by atomic mass is 9.78. The molecule has 0 aromatic rings. The number of hydrogen-bond donors (Lipinski definition) is 3. The van der Waals surface area contributed by atoms with Crippen LogP contribution in [0.5, 0.6) is 0 Å². The summed E-state index contributed by atoms with van der Waals surface area (Å²) in [5, 5.41) is 34.1. The molecule has 4 rings (SSSR count). The van der Waals surface area contributed by atoms with Crippen LogP contribution >= 0.6 is 0 Å². The highest BCUT2D eigenvalue weighted by molar-refractivity contribution is 6.39. The minimum absolute atomic E-state index is 0.0855. The Labute approximate surface area is 440 Å². The summed E-state index contributed by atoms with van der Waals surface area (Å²) < 4.78 is 46.2. The van der Waals surface area contributed by atoms with Gasteiger partial charge in [-0.15, -0.1) is 0 Å². The number of ether oxygens (including phenoxy) is 8. The van der Waals surface area contributed by atoms with E-state index in [1.54, 1.807) is 48.0 Å². The van der Waals surface area contributed by atoms with Gasteiger partial charge in [0.25, 0.3) is 11.7 Å². The van der Waals surface area contributed by atoms with Crippen molar-refractivity contribution < 1.29 is 77.2 Å². The van der Waals surface area contributed by atoms with Gasteiger partial charge >= 0.3 is 5.97 Å². The van der Waals surface area contributed by atoms with Gasteiger partial charge in [-0.3, -0.25) is 19.2 Å². The SMILES string of the molecule is COCCOCCOCCOC1\C=C/C=C/C(C)=C/C[C@@H]2CC[C@@H](C)[C@@](O)(O2)C(=O)C(=O)N2CCCC[C@H]2C(=O)O[C@H]([C@H](C)C[C@@H]2CC[C@@H](O)[C@H](OC)C2)CC(=O)[C@H](C)/C=C(/C)[C@@H](O)[C@@H](OC)C(=O)[C@H](C)C[C@@H]1C. The number of fused-ring (bicyclic) bond motifs is 3. The normalized spacial score (nSPS) is 37.0. The largest absolute Gasteiger partial charge is 0.460 e. The molecule has 4 aliphatic rings. The standard InChI is InChI=1S/C57H91NO16/c1-36-15-11-12-17-48(72-30-29-71-28-27-70-26-25-67-8)38(3)32-41(6)52(62)53(69-10)51(61)40(5)31-37(2)47(60)35-49(39(4)33-43-20-23-46(59)50(34-43)68-9)73-56(65)45-16-13-14-24-58(45)55(64)54(63)57(66)42(7)19-22-44(74-57)21-18-36/h11-12,15,17-18,31,37-39,41-46,48-51,53,59,61,66H,13-14,16,19-30,32-35H2,1-10H3/b15-11+,17-12-,36-18+,40-31-/t37-,38+,39-,41-,42-,43+,44-,45+,46-,48?,49+,50-,51-,53-,57-/m1/s1. The molecule has 3 heterocycles. The summed E-state index contributed by atoms with van der Waals surface area (Å²) in [4.78, 5) is 72.5. The van der Waals surface area contributed by atoms with Crippen LogP contribution in [0.2, 0.25) is 0 Å². The lowest BCUT2D eigenvalue weighted by Crippen LogP contribution is -2.60. The molecule has 1 saturated carbocycles. The predicted molar refractivity (Wildman–Crippen MR) is 278 cm³/mol. The van der Waals surface area contributed by atoms with E-state index in [1.165, 1.54) is 12.0 Å². The van der Waals surface area contributed by atoms with Crippen molar-refractivity contribution in [2.45, 2.75) is 180 Å². The van der Waals surface area contributed by atoms with Crippen molar-refractivity contribution in [3.05, 3.63) is 47.6 Å². The Morgan fingerprint density at radius 3 is 2.23 bits per heavy atom. The third-order valence-corrected chi connectivity index (χ3v) is 15.6. The molecule has 1 aliphatic carbocycles. The van der Waals surface area contributed by atoms with E-state index in [1.807, 2.05) is 51.2 Å². The van der Waals surface area contributed by atoms with Crippen LogP contribution in [0.25, 0.3) is 0 Å². The average Bonchev–Trinajstić information content (AvgIpc) is 3.38. The number of cyclic esters (lactones) is 1. The van der Waals surface area contributed by atoms with Gasteiger partial charge in [0.2, 0.25) is 5.79 Å². The molecule has 74 heavy (non-hydrogen) atoms. The van der Waals surface area contributed by atoms with Gasteiger partial charge in [0.05, 0.1) is 64.1 Å². The molecule has 2 bridgehead atoms. The fourth-order valence-corrected chi connectivity index (χ4v) is 10.7. The quantitative estimate of drug-likeness (QED) is 0.0716. The van der Waals surface area contributed by atoms with Crippen LogP contribution in [-0.2, 0) is 61.9 Å². The smallest absolute Gasteiger partial charge is 0.329 e. The van der Waals surface area contributed by atoms with Crippen LogP contribution in [-0.4, -0.2) is 172 Å². The van der Waals surface area contributed by atoms with Crippen molar-refractivity contribution in [1.29, 1.82) is 0 Å². The number of allylic oxidation sites excluding steroid dienone is 5. The van der Waals surface area contributed by atoms with Gasteiger partial charge in [-0.2, -0.15) is 0 Å². The topological polar surface area (TPSA) is 223 Å². The highest BCUT2D eigenvalue weighted by atomic mass is 16.6. The third-order valence-electron chi connectivity index (χ3n) is 15.6.